The average molecular weight is 479 g/mol. The molecule has 5 nitrogen and oxygen atoms in total. The molecule has 0 bridgehead atoms. The summed E-state index contributed by atoms with van der Waals surface area (Å²) in [4.78, 5) is 32.1. The topological polar surface area (TPSA) is 63.4 Å². The molecule has 0 saturated carbocycles. The first-order valence-corrected chi connectivity index (χ1v) is 11.6. The van der Waals surface area contributed by atoms with Gasteiger partial charge in [0.25, 0.3) is 5.91 Å². The summed E-state index contributed by atoms with van der Waals surface area (Å²) in [5.41, 5.74) is 2.45. The van der Waals surface area contributed by atoms with Crippen molar-refractivity contribution in [3.8, 4) is 22.4 Å². The SMILES string of the molecule is O=C(c1cc2cc(-c3ccc(Cl)cc3)c(-c3ccccc3Cl)nc2oc1=O)N1CCCCC1. The second-order valence-electron chi connectivity index (χ2n) is 8.07. The number of amides is 1. The number of likely N-dealkylation sites (tertiary alicyclic amines) is 1. The highest BCUT2D eigenvalue weighted by molar-refractivity contribution is 6.33. The van der Waals surface area contributed by atoms with E-state index < -0.39 is 5.63 Å². The molecule has 3 heterocycles. The average Bonchev–Trinajstić information content (AvgIpc) is 2.84. The highest BCUT2D eigenvalue weighted by Gasteiger charge is 2.23. The number of halogens is 2. The van der Waals surface area contributed by atoms with Crippen LogP contribution in [0.1, 0.15) is 29.6 Å². The molecule has 0 N–H and O–H groups in total. The van der Waals surface area contributed by atoms with Crippen LogP contribution in [0.4, 0.5) is 0 Å². The molecular weight excluding hydrogens is 459 g/mol. The van der Waals surface area contributed by atoms with Gasteiger partial charge in [0, 0.05) is 39.6 Å². The van der Waals surface area contributed by atoms with Gasteiger partial charge in [-0.2, -0.15) is 0 Å². The van der Waals surface area contributed by atoms with Crippen molar-refractivity contribution in [2.75, 3.05) is 13.1 Å². The van der Waals surface area contributed by atoms with Gasteiger partial charge in [-0.25, -0.2) is 9.78 Å². The molecule has 1 saturated heterocycles. The van der Waals surface area contributed by atoms with Crippen LogP contribution in [-0.4, -0.2) is 28.9 Å². The number of nitrogens with zero attached hydrogens (tertiary/aromatic N) is 2. The lowest BCUT2D eigenvalue weighted by Gasteiger charge is -2.26. The molecule has 1 aliphatic heterocycles. The molecule has 7 heteroatoms. The summed E-state index contributed by atoms with van der Waals surface area (Å²) in [6.07, 6.45) is 2.97. The van der Waals surface area contributed by atoms with E-state index in [0.29, 0.717) is 39.8 Å². The number of benzene rings is 2. The van der Waals surface area contributed by atoms with Gasteiger partial charge in [0.05, 0.1) is 5.69 Å². The molecule has 1 amide bonds. The molecule has 0 radical (unpaired) electrons. The van der Waals surface area contributed by atoms with E-state index >= 15 is 0 Å². The second kappa shape index (κ2) is 9.00. The Morgan fingerprint density at radius 3 is 2.36 bits per heavy atom. The minimum absolute atomic E-state index is 0.0266. The summed E-state index contributed by atoms with van der Waals surface area (Å²) in [7, 11) is 0. The van der Waals surface area contributed by atoms with Gasteiger partial charge in [-0.05, 0) is 55.2 Å². The van der Waals surface area contributed by atoms with Crippen molar-refractivity contribution in [1.29, 1.82) is 0 Å². The maximum absolute atomic E-state index is 13.0. The van der Waals surface area contributed by atoms with Crippen molar-refractivity contribution in [2.45, 2.75) is 19.3 Å². The van der Waals surface area contributed by atoms with E-state index in [1.165, 1.54) is 0 Å². The van der Waals surface area contributed by atoms with E-state index in [1.807, 2.05) is 36.4 Å². The number of fused-ring (bicyclic) bond motifs is 1. The van der Waals surface area contributed by atoms with Crippen LogP contribution in [0.15, 0.2) is 69.9 Å². The van der Waals surface area contributed by atoms with Crippen molar-refractivity contribution in [3.05, 3.63) is 86.7 Å². The molecule has 166 valence electrons. The number of hydrogen-bond donors (Lipinski definition) is 0. The molecule has 1 fully saturated rings. The zero-order chi connectivity index (χ0) is 22.9. The van der Waals surface area contributed by atoms with Crippen molar-refractivity contribution >= 4 is 40.2 Å². The highest BCUT2D eigenvalue weighted by Crippen LogP contribution is 2.37. The van der Waals surface area contributed by atoms with E-state index in [0.717, 1.165) is 30.4 Å². The first kappa shape index (κ1) is 21.7. The van der Waals surface area contributed by atoms with Gasteiger partial charge in [-0.3, -0.25) is 4.79 Å². The Morgan fingerprint density at radius 1 is 0.909 bits per heavy atom. The normalized spacial score (nSPS) is 13.9. The zero-order valence-corrected chi connectivity index (χ0v) is 19.2. The predicted molar refractivity (Wildman–Crippen MR) is 131 cm³/mol. The van der Waals surface area contributed by atoms with Crippen molar-refractivity contribution in [1.82, 2.24) is 9.88 Å². The van der Waals surface area contributed by atoms with Crippen LogP contribution in [-0.2, 0) is 0 Å². The summed E-state index contributed by atoms with van der Waals surface area (Å²) in [6.45, 7) is 1.30. The van der Waals surface area contributed by atoms with E-state index in [1.54, 1.807) is 29.2 Å². The summed E-state index contributed by atoms with van der Waals surface area (Å²) < 4.78 is 5.54. The van der Waals surface area contributed by atoms with Gasteiger partial charge in [0.2, 0.25) is 5.71 Å². The zero-order valence-electron chi connectivity index (χ0n) is 17.7. The molecule has 4 aromatic rings. The summed E-state index contributed by atoms with van der Waals surface area (Å²) >= 11 is 12.6. The molecule has 5 rings (SSSR count). The molecular formula is C26H20Cl2N2O3. The van der Waals surface area contributed by atoms with Crippen LogP contribution in [0.5, 0.6) is 0 Å². The number of aromatic nitrogens is 1. The standard InChI is InChI=1S/C26H20Cl2N2O3/c27-18-10-8-16(9-11-18)20-14-17-15-21(25(31)30-12-4-1-5-13-30)26(32)33-24(17)29-23(20)19-6-2-3-7-22(19)28/h2-3,6-11,14-15H,1,4-5,12-13H2. The predicted octanol–water partition coefficient (Wildman–Crippen LogP) is 6.45. The third-order valence-corrected chi connectivity index (χ3v) is 6.46. The maximum atomic E-state index is 13.0. The molecule has 33 heavy (non-hydrogen) atoms. The number of piperidine rings is 1. The van der Waals surface area contributed by atoms with Crippen LogP contribution >= 0.6 is 23.2 Å². The molecule has 0 atom stereocenters. The number of carbonyl (C=O) groups is 1. The van der Waals surface area contributed by atoms with Gasteiger partial charge in [-0.15, -0.1) is 0 Å². The summed E-state index contributed by atoms with van der Waals surface area (Å²) in [5.74, 6) is -0.298. The van der Waals surface area contributed by atoms with Gasteiger partial charge < -0.3 is 9.32 Å². The van der Waals surface area contributed by atoms with Crippen molar-refractivity contribution in [3.63, 3.8) is 0 Å². The van der Waals surface area contributed by atoms with Crippen LogP contribution in [0, 0.1) is 0 Å². The highest BCUT2D eigenvalue weighted by atomic mass is 35.5. The Hall–Kier alpha value is -3.15. The van der Waals surface area contributed by atoms with Gasteiger partial charge in [-0.1, -0.05) is 53.5 Å². The Balaban J connectivity index is 1.71. The Morgan fingerprint density at radius 2 is 1.64 bits per heavy atom. The van der Waals surface area contributed by atoms with Crippen LogP contribution in [0.2, 0.25) is 10.0 Å². The largest absolute Gasteiger partial charge is 0.403 e. The fourth-order valence-electron chi connectivity index (χ4n) is 4.18. The summed E-state index contributed by atoms with van der Waals surface area (Å²) in [5, 5.41) is 1.71. The maximum Gasteiger partial charge on any atom is 0.350 e. The van der Waals surface area contributed by atoms with Crippen LogP contribution in [0.3, 0.4) is 0 Å². The molecule has 2 aromatic heterocycles. The number of pyridine rings is 1. The number of hydrogen-bond acceptors (Lipinski definition) is 4. The van der Waals surface area contributed by atoms with E-state index in [-0.39, 0.29) is 17.2 Å². The lowest BCUT2D eigenvalue weighted by Crippen LogP contribution is -2.37. The molecule has 0 aliphatic carbocycles. The van der Waals surface area contributed by atoms with Crippen molar-refractivity contribution in [2.24, 2.45) is 0 Å². The Kier molecular flexibility index (Phi) is 5.92. The number of carbonyl (C=O) groups excluding carboxylic acids is 1. The Bertz CT molecular complexity index is 1410. The van der Waals surface area contributed by atoms with Crippen LogP contribution in [0.25, 0.3) is 33.5 Å². The second-order valence-corrected chi connectivity index (χ2v) is 8.91. The third-order valence-electron chi connectivity index (χ3n) is 5.88. The molecule has 0 unspecified atom stereocenters. The fraction of sp³-hybridized carbons (Fsp3) is 0.192. The summed E-state index contributed by atoms with van der Waals surface area (Å²) in [6, 6.07) is 18.2. The Labute approximate surface area is 200 Å². The van der Waals surface area contributed by atoms with Crippen LogP contribution < -0.4 is 5.63 Å². The molecule has 2 aromatic carbocycles. The monoisotopic (exact) mass is 478 g/mol. The van der Waals surface area contributed by atoms with E-state index in [2.05, 4.69) is 4.98 Å². The minimum Gasteiger partial charge on any atom is -0.403 e. The van der Waals surface area contributed by atoms with Gasteiger partial charge in [0.1, 0.15) is 5.56 Å². The fourth-order valence-corrected chi connectivity index (χ4v) is 4.53. The number of rotatable bonds is 3. The first-order chi connectivity index (χ1) is 16.0. The molecule has 0 spiro atoms. The first-order valence-electron chi connectivity index (χ1n) is 10.8. The molecule has 1 aliphatic rings. The quantitative estimate of drug-likeness (QED) is 0.339. The smallest absolute Gasteiger partial charge is 0.350 e. The lowest BCUT2D eigenvalue weighted by atomic mass is 9.98. The van der Waals surface area contributed by atoms with Gasteiger partial charge >= 0.3 is 5.63 Å². The van der Waals surface area contributed by atoms with E-state index in [9.17, 15) is 9.59 Å². The van der Waals surface area contributed by atoms with E-state index in [4.69, 9.17) is 27.6 Å². The minimum atomic E-state index is -0.685. The van der Waals surface area contributed by atoms with Crippen molar-refractivity contribution < 1.29 is 9.21 Å². The lowest BCUT2D eigenvalue weighted by molar-refractivity contribution is 0.0720. The third kappa shape index (κ3) is 4.26. The van der Waals surface area contributed by atoms with Gasteiger partial charge in [0.15, 0.2) is 0 Å².